The summed E-state index contributed by atoms with van der Waals surface area (Å²) in [5, 5.41) is 2.06. The smallest absolute Gasteiger partial charge is 0.251 e. The summed E-state index contributed by atoms with van der Waals surface area (Å²) in [5.74, 6) is -0.216. The van der Waals surface area contributed by atoms with Gasteiger partial charge in [0.05, 0.1) is 10.3 Å². The van der Waals surface area contributed by atoms with Gasteiger partial charge in [0.15, 0.2) is 6.04 Å². The second-order valence-corrected chi connectivity index (χ2v) is 7.36. The topological polar surface area (TPSA) is 43.9 Å². The highest BCUT2D eigenvalue weighted by Crippen LogP contribution is 2.46. The molecule has 7 heteroatoms. The van der Waals surface area contributed by atoms with Gasteiger partial charge in [-0.15, -0.1) is 11.3 Å². The lowest BCUT2D eigenvalue weighted by atomic mass is 10.0. The summed E-state index contributed by atoms with van der Waals surface area (Å²) >= 11 is 3.22. The third-order valence-corrected chi connectivity index (χ3v) is 6.00. The molecule has 2 aliphatic heterocycles. The van der Waals surface area contributed by atoms with Crippen LogP contribution in [0.3, 0.4) is 0 Å². The van der Waals surface area contributed by atoms with E-state index in [9.17, 15) is 9.59 Å². The largest absolute Gasteiger partial charge is 0.347 e. The first-order chi connectivity index (χ1) is 9.54. The summed E-state index contributed by atoms with van der Waals surface area (Å²) < 4.78 is 3.14. The lowest BCUT2D eigenvalue weighted by Gasteiger charge is -2.47. The summed E-state index contributed by atoms with van der Waals surface area (Å²) in [6.07, 6.45) is 0. The van der Waals surface area contributed by atoms with Crippen LogP contribution in [0.1, 0.15) is 18.5 Å². The first-order valence-electron chi connectivity index (χ1n) is 6.58. The molecule has 2 amide bonds. The van der Waals surface area contributed by atoms with Crippen molar-refractivity contribution in [3.63, 3.8) is 0 Å². The summed E-state index contributed by atoms with van der Waals surface area (Å²) in [6, 6.07) is 1.49. The Morgan fingerprint density at radius 3 is 2.90 bits per heavy atom. The zero-order valence-corrected chi connectivity index (χ0v) is 13.3. The minimum atomic E-state index is -0.693. The van der Waals surface area contributed by atoms with Crippen LogP contribution in [0.4, 0.5) is 0 Å². The number of fused-ring (bicyclic) bond motifs is 4. The number of rotatable bonds is 2. The molecule has 5 nitrogen and oxygen atoms in total. The molecule has 2 bridgehead atoms. The van der Waals surface area contributed by atoms with Crippen molar-refractivity contribution in [3.8, 4) is 0 Å². The van der Waals surface area contributed by atoms with Crippen LogP contribution in [-0.2, 0) is 9.59 Å². The maximum absolute atomic E-state index is 12.7. The van der Waals surface area contributed by atoms with E-state index in [2.05, 4.69) is 11.4 Å². The fourth-order valence-electron chi connectivity index (χ4n) is 2.75. The van der Waals surface area contributed by atoms with Gasteiger partial charge in [-0.25, -0.2) is 4.31 Å². The Hall–Kier alpha value is -1.05. The van der Waals surface area contributed by atoms with Crippen molar-refractivity contribution in [3.05, 3.63) is 17.0 Å². The maximum Gasteiger partial charge on any atom is 0.251 e. The first-order valence-corrected chi connectivity index (χ1v) is 8.23. The number of nitrogens with zero attached hydrogens (tertiary/aromatic N) is 3. The molecule has 2 aliphatic rings. The lowest BCUT2D eigenvalue weighted by Crippen LogP contribution is -2.61. The fourth-order valence-corrected chi connectivity index (χ4v) is 5.08. The number of thiophene rings is 1. The predicted octanol–water partition coefficient (Wildman–Crippen LogP) is 1.43. The Morgan fingerprint density at radius 1 is 1.50 bits per heavy atom. The molecule has 0 aromatic carbocycles. The van der Waals surface area contributed by atoms with Crippen molar-refractivity contribution in [2.75, 3.05) is 27.2 Å². The Balaban J connectivity index is 2.02. The summed E-state index contributed by atoms with van der Waals surface area (Å²) in [4.78, 5) is 28.4. The maximum atomic E-state index is 12.7. The Labute approximate surface area is 126 Å². The van der Waals surface area contributed by atoms with Gasteiger partial charge >= 0.3 is 0 Å². The zero-order valence-electron chi connectivity index (χ0n) is 11.7. The molecule has 3 rings (SSSR count). The number of piperazine rings is 1. The van der Waals surface area contributed by atoms with E-state index in [1.165, 1.54) is 14.7 Å². The molecular weight excluding hydrogens is 294 g/mol. The van der Waals surface area contributed by atoms with Crippen LogP contribution in [0, 0.1) is 0 Å². The van der Waals surface area contributed by atoms with Crippen LogP contribution in [-0.4, -0.2) is 59.1 Å². The van der Waals surface area contributed by atoms with Crippen LogP contribution >= 0.6 is 23.3 Å². The van der Waals surface area contributed by atoms with E-state index in [1.54, 1.807) is 37.4 Å². The highest BCUT2D eigenvalue weighted by molar-refractivity contribution is 7.99. The molecule has 1 fully saturated rings. The number of likely N-dealkylation sites (N-methyl/N-ethyl adjacent to an activating group) is 2. The van der Waals surface area contributed by atoms with Gasteiger partial charge in [0.2, 0.25) is 5.91 Å². The van der Waals surface area contributed by atoms with E-state index in [0.717, 1.165) is 6.54 Å². The molecule has 1 aromatic heterocycles. The molecular formula is C13H17N3O2S2. The van der Waals surface area contributed by atoms with Crippen molar-refractivity contribution < 1.29 is 9.59 Å². The van der Waals surface area contributed by atoms with Gasteiger partial charge in [-0.05, 0) is 30.3 Å². The Morgan fingerprint density at radius 2 is 2.25 bits per heavy atom. The second kappa shape index (κ2) is 5.05. The molecule has 20 heavy (non-hydrogen) atoms. The van der Waals surface area contributed by atoms with Crippen molar-refractivity contribution in [1.82, 2.24) is 14.1 Å². The quantitative estimate of drug-likeness (QED) is 0.612. The van der Waals surface area contributed by atoms with E-state index in [4.69, 9.17) is 0 Å². The molecule has 3 atom stereocenters. The molecule has 0 aliphatic carbocycles. The molecule has 1 saturated heterocycles. The number of hydrogen-bond acceptors (Lipinski definition) is 5. The molecule has 0 saturated carbocycles. The van der Waals surface area contributed by atoms with Gasteiger partial charge in [0.1, 0.15) is 0 Å². The Bertz CT molecular complexity index is 558. The minimum absolute atomic E-state index is 0.0770. The van der Waals surface area contributed by atoms with Gasteiger partial charge in [0.25, 0.3) is 5.91 Å². The molecule has 3 heterocycles. The van der Waals surface area contributed by atoms with Crippen LogP contribution < -0.4 is 0 Å². The third kappa shape index (κ3) is 1.96. The molecule has 0 spiro atoms. The van der Waals surface area contributed by atoms with E-state index in [-0.39, 0.29) is 17.9 Å². The summed E-state index contributed by atoms with van der Waals surface area (Å²) in [5.41, 5.74) is 1.22. The van der Waals surface area contributed by atoms with Gasteiger partial charge in [-0.3, -0.25) is 9.59 Å². The number of hydrogen-bond donors (Lipinski definition) is 0. The van der Waals surface area contributed by atoms with Crippen molar-refractivity contribution in [1.29, 1.82) is 0 Å². The van der Waals surface area contributed by atoms with Crippen molar-refractivity contribution in [2.24, 2.45) is 0 Å². The monoisotopic (exact) mass is 311 g/mol. The molecule has 3 unspecified atom stereocenters. The van der Waals surface area contributed by atoms with Crippen LogP contribution in [0.15, 0.2) is 15.7 Å². The normalized spacial score (nSPS) is 28.2. The molecule has 0 N–H and O–H groups in total. The average Bonchev–Trinajstić information content (AvgIpc) is 2.87. The van der Waals surface area contributed by atoms with Gasteiger partial charge in [-0.2, -0.15) is 0 Å². The van der Waals surface area contributed by atoms with Crippen LogP contribution in [0.2, 0.25) is 0 Å². The van der Waals surface area contributed by atoms with Gasteiger partial charge in [-0.1, -0.05) is 0 Å². The standard InChI is InChI=1S/C13H17N3O2S2/c1-4-15-9-7-16(20-13-8(9)5-6-19-13)10(12(15)18)11(17)14(2)3/h5-6,9-10H,4,7H2,1-3H3. The lowest BCUT2D eigenvalue weighted by molar-refractivity contribution is -0.151. The summed E-state index contributed by atoms with van der Waals surface area (Å²) in [6.45, 7) is 3.32. The predicted molar refractivity (Wildman–Crippen MR) is 79.5 cm³/mol. The highest BCUT2D eigenvalue weighted by atomic mass is 32.2. The Kier molecular flexibility index (Phi) is 3.51. The first kappa shape index (κ1) is 13.9. The van der Waals surface area contributed by atoms with E-state index in [0.29, 0.717) is 6.54 Å². The molecule has 108 valence electrons. The fraction of sp³-hybridized carbons (Fsp3) is 0.538. The zero-order chi connectivity index (χ0) is 14.4. The third-order valence-electron chi connectivity index (χ3n) is 3.77. The van der Waals surface area contributed by atoms with Crippen LogP contribution in [0.25, 0.3) is 0 Å². The van der Waals surface area contributed by atoms with E-state index in [1.807, 2.05) is 16.1 Å². The number of amides is 2. The molecule has 0 radical (unpaired) electrons. The SMILES string of the molecule is CCN1C(=O)C(C(=O)N(C)C)N2CC1c1ccsc1S2. The van der Waals surface area contributed by atoms with Crippen molar-refractivity contribution in [2.45, 2.75) is 23.2 Å². The van der Waals surface area contributed by atoms with Crippen LogP contribution in [0.5, 0.6) is 0 Å². The highest BCUT2D eigenvalue weighted by Gasteiger charge is 2.48. The van der Waals surface area contributed by atoms with Gasteiger partial charge in [0, 0.05) is 32.7 Å². The molecule has 1 aromatic rings. The van der Waals surface area contributed by atoms with Gasteiger partial charge < -0.3 is 9.80 Å². The second-order valence-electron chi connectivity index (χ2n) is 5.13. The minimum Gasteiger partial charge on any atom is -0.347 e. The van der Waals surface area contributed by atoms with E-state index >= 15 is 0 Å². The van der Waals surface area contributed by atoms with Crippen molar-refractivity contribution >= 4 is 35.1 Å². The van der Waals surface area contributed by atoms with E-state index < -0.39 is 6.04 Å². The summed E-state index contributed by atoms with van der Waals surface area (Å²) in [7, 11) is 3.40. The average molecular weight is 311 g/mol. The number of carbonyl (C=O) groups excluding carboxylic acids is 2. The number of carbonyl (C=O) groups is 2.